The van der Waals surface area contributed by atoms with Gasteiger partial charge in [-0.15, -0.1) is 0 Å². The predicted octanol–water partition coefficient (Wildman–Crippen LogP) is -2.01. The SMILES string of the molecule is CCC(C)C(NC(=O)C(CC(C)C)NC(=O)C(CO)NC(=O)C(N)CCCN=C(N)N)C(=O)O. The van der Waals surface area contributed by atoms with Crippen LogP contribution in [-0.4, -0.2) is 77.2 Å². The summed E-state index contributed by atoms with van der Waals surface area (Å²) in [6.07, 6.45) is 1.43. The fourth-order valence-electron chi connectivity index (χ4n) is 3.04. The van der Waals surface area contributed by atoms with Gasteiger partial charge in [0.25, 0.3) is 0 Å². The largest absolute Gasteiger partial charge is 0.480 e. The second-order valence-corrected chi connectivity index (χ2v) is 8.70. The first-order valence-electron chi connectivity index (χ1n) is 11.4. The number of nitrogens with two attached hydrogens (primary N) is 3. The summed E-state index contributed by atoms with van der Waals surface area (Å²) in [5.74, 6) is -3.69. The van der Waals surface area contributed by atoms with E-state index in [-0.39, 0.29) is 37.2 Å². The van der Waals surface area contributed by atoms with Crippen molar-refractivity contribution in [1.82, 2.24) is 16.0 Å². The third kappa shape index (κ3) is 11.8. The monoisotopic (exact) mass is 487 g/mol. The molecule has 0 aromatic carbocycles. The van der Waals surface area contributed by atoms with Gasteiger partial charge in [0.05, 0.1) is 12.6 Å². The van der Waals surface area contributed by atoms with Crippen molar-refractivity contribution >= 4 is 29.7 Å². The maximum Gasteiger partial charge on any atom is 0.326 e. The molecule has 13 nitrogen and oxygen atoms in total. The molecule has 196 valence electrons. The summed E-state index contributed by atoms with van der Waals surface area (Å²) in [4.78, 5) is 53.2. The predicted molar refractivity (Wildman–Crippen MR) is 127 cm³/mol. The van der Waals surface area contributed by atoms with Crippen LogP contribution in [0.15, 0.2) is 4.99 Å². The number of hydrogen-bond acceptors (Lipinski definition) is 7. The number of aliphatic carboxylic acids is 1. The highest BCUT2D eigenvalue weighted by Crippen LogP contribution is 2.11. The van der Waals surface area contributed by atoms with Crippen molar-refractivity contribution in [2.24, 2.45) is 34.0 Å². The molecule has 0 saturated heterocycles. The Morgan fingerprint density at radius 3 is 1.97 bits per heavy atom. The average molecular weight is 488 g/mol. The number of carboxylic acid groups (broad SMARTS) is 1. The Morgan fingerprint density at radius 2 is 1.50 bits per heavy atom. The number of aliphatic imine (C=N–C) groups is 1. The zero-order valence-electron chi connectivity index (χ0n) is 20.4. The standard InChI is InChI=1S/C21H41N7O6/c1-5-12(4)16(20(33)34)28-18(31)14(9-11(2)3)26-19(32)15(10-29)27-17(30)13(22)7-6-8-25-21(23)24/h11-16,29H,5-10,22H2,1-4H3,(H,26,32)(H,27,30)(H,28,31)(H,33,34)(H4,23,24,25). The van der Waals surface area contributed by atoms with Crippen molar-refractivity contribution in [3.63, 3.8) is 0 Å². The summed E-state index contributed by atoms with van der Waals surface area (Å²) in [5.41, 5.74) is 16.3. The van der Waals surface area contributed by atoms with Gasteiger partial charge in [0.15, 0.2) is 5.96 Å². The van der Waals surface area contributed by atoms with Crippen molar-refractivity contribution in [3.05, 3.63) is 0 Å². The summed E-state index contributed by atoms with van der Waals surface area (Å²) in [6, 6.07) is -4.48. The summed E-state index contributed by atoms with van der Waals surface area (Å²) in [5, 5.41) is 26.4. The second-order valence-electron chi connectivity index (χ2n) is 8.70. The molecule has 0 aromatic rings. The van der Waals surface area contributed by atoms with E-state index in [1.54, 1.807) is 13.8 Å². The van der Waals surface area contributed by atoms with Crippen LogP contribution >= 0.6 is 0 Å². The van der Waals surface area contributed by atoms with Crippen LogP contribution in [0.4, 0.5) is 0 Å². The molecular weight excluding hydrogens is 446 g/mol. The number of carbonyl (C=O) groups is 4. The number of carboxylic acids is 1. The normalized spacial score (nSPS) is 15.4. The van der Waals surface area contributed by atoms with Gasteiger partial charge in [-0.05, 0) is 31.1 Å². The zero-order valence-corrected chi connectivity index (χ0v) is 20.4. The Bertz CT molecular complexity index is 712. The fourth-order valence-corrected chi connectivity index (χ4v) is 3.04. The Morgan fingerprint density at radius 1 is 0.941 bits per heavy atom. The molecule has 11 N–H and O–H groups in total. The minimum atomic E-state index is -1.34. The Hall–Kier alpha value is -2.93. The Labute approximate surface area is 200 Å². The van der Waals surface area contributed by atoms with Gasteiger partial charge in [-0.3, -0.25) is 19.4 Å². The van der Waals surface area contributed by atoms with Gasteiger partial charge in [-0.2, -0.15) is 0 Å². The summed E-state index contributed by atoms with van der Waals surface area (Å²) in [6.45, 7) is 6.74. The van der Waals surface area contributed by atoms with Gasteiger partial charge < -0.3 is 43.4 Å². The van der Waals surface area contributed by atoms with Crippen molar-refractivity contribution < 1.29 is 29.4 Å². The highest BCUT2D eigenvalue weighted by atomic mass is 16.4. The molecule has 0 heterocycles. The van der Waals surface area contributed by atoms with Crippen LogP contribution in [-0.2, 0) is 19.2 Å². The lowest BCUT2D eigenvalue weighted by Crippen LogP contribution is -2.58. The molecule has 0 saturated carbocycles. The molecule has 0 aromatic heterocycles. The van der Waals surface area contributed by atoms with Gasteiger partial charge in [0.1, 0.15) is 18.1 Å². The molecule has 13 heteroatoms. The van der Waals surface area contributed by atoms with Crippen LogP contribution in [0.25, 0.3) is 0 Å². The molecule has 0 bridgehead atoms. The van der Waals surface area contributed by atoms with Gasteiger partial charge in [-0.1, -0.05) is 34.1 Å². The van der Waals surface area contributed by atoms with E-state index in [0.717, 1.165) is 0 Å². The van der Waals surface area contributed by atoms with Crippen molar-refractivity contribution in [2.75, 3.05) is 13.2 Å². The third-order valence-electron chi connectivity index (χ3n) is 5.24. The quantitative estimate of drug-likeness (QED) is 0.0681. The van der Waals surface area contributed by atoms with Crippen LogP contribution in [0.3, 0.4) is 0 Å². The van der Waals surface area contributed by atoms with E-state index >= 15 is 0 Å². The van der Waals surface area contributed by atoms with E-state index in [2.05, 4.69) is 20.9 Å². The van der Waals surface area contributed by atoms with E-state index in [0.29, 0.717) is 12.8 Å². The van der Waals surface area contributed by atoms with E-state index < -0.39 is 54.5 Å². The molecular formula is C21H41N7O6. The summed E-state index contributed by atoms with van der Waals surface area (Å²) < 4.78 is 0. The number of guanidine groups is 1. The average Bonchev–Trinajstić information content (AvgIpc) is 2.76. The lowest BCUT2D eigenvalue weighted by Gasteiger charge is -2.27. The molecule has 0 fully saturated rings. The van der Waals surface area contributed by atoms with Gasteiger partial charge in [0.2, 0.25) is 17.7 Å². The maximum absolute atomic E-state index is 12.8. The first kappa shape index (κ1) is 31.1. The molecule has 5 atom stereocenters. The Kier molecular flexibility index (Phi) is 14.5. The molecule has 5 unspecified atom stereocenters. The van der Waals surface area contributed by atoms with Gasteiger partial charge in [-0.25, -0.2) is 4.79 Å². The molecule has 0 aliphatic heterocycles. The fraction of sp³-hybridized carbons (Fsp3) is 0.762. The number of amides is 3. The van der Waals surface area contributed by atoms with Crippen molar-refractivity contribution in [1.29, 1.82) is 0 Å². The smallest absolute Gasteiger partial charge is 0.326 e. The van der Waals surface area contributed by atoms with Gasteiger partial charge in [0, 0.05) is 6.54 Å². The van der Waals surface area contributed by atoms with E-state index in [9.17, 15) is 29.4 Å². The molecule has 0 aliphatic carbocycles. The number of nitrogens with one attached hydrogen (secondary N) is 3. The van der Waals surface area contributed by atoms with Gasteiger partial charge >= 0.3 is 5.97 Å². The number of aliphatic hydroxyl groups excluding tert-OH is 1. The molecule has 0 radical (unpaired) electrons. The first-order chi connectivity index (χ1) is 15.8. The van der Waals surface area contributed by atoms with E-state index in [4.69, 9.17) is 17.2 Å². The Balaban J connectivity index is 5.18. The highest BCUT2D eigenvalue weighted by molar-refractivity contribution is 5.94. The summed E-state index contributed by atoms with van der Waals surface area (Å²) in [7, 11) is 0. The lowest BCUT2D eigenvalue weighted by molar-refractivity contribution is -0.144. The number of hydrogen-bond donors (Lipinski definition) is 8. The van der Waals surface area contributed by atoms with Crippen molar-refractivity contribution in [2.45, 2.75) is 77.5 Å². The topological polar surface area (TPSA) is 235 Å². The first-order valence-corrected chi connectivity index (χ1v) is 11.4. The van der Waals surface area contributed by atoms with Crippen LogP contribution in [0.1, 0.15) is 53.4 Å². The molecule has 0 aliphatic rings. The molecule has 0 rings (SSSR count). The molecule has 34 heavy (non-hydrogen) atoms. The molecule has 0 spiro atoms. The van der Waals surface area contributed by atoms with E-state index in [1.807, 2.05) is 13.8 Å². The minimum absolute atomic E-state index is 0.0104. The van der Waals surface area contributed by atoms with Crippen LogP contribution in [0.2, 0.25) is 0 Å². The van der Waals surface area contributed by atoms with Crippen LogP contribution in [0.5, 0.6) is 0 Å². The maximum atomic E-state index is 12.8. The van der Waals surface area contributed by atoms with Crippen molar-refractivity contribution in [3.8, 4) is 0 Å². The highest BCUT2D eigenvalue weighted by Gasteiger charge is 2.32. The van der Waals surface area contributed by atoms with E-state index in [1.165, 1.54) is 0 Å². The number of carbonyl (C=O) groups excluding carboxylic acids is 3. The van der Waals surface area contributed by atoms with Crippen LogP contribution < -0.4 is 33.2 Å². The third-order valence-corrected chi connectivity index (χ3v) is 5.24. The number of aliphatic hydroxyl groups is 1. The minimum Gasteiger partial charge on any atom is -0.480 e. The number of nitrogens with zero attached hydrogens (tertiary/aromatic N) is 1. The second kappa shape index (κ2) is 15.8. The lowest BCUT2D eigenvalue weighted by atomic mass is 9.97. The number of rotatable bonds is 16. The zero-order chi connectivity index (χ0) is 26.4. The summed E-state index contributed by atoms with van der Waals surface area (Å²) >= 11 is 0. The molecule has 3 amide bonds. The van der Waals surface area contributed by atoms with Crippen LogP contribution in [0, 0.1) is 11.8 Å².